The van der Waals surface area contributed by atoms with E-state index in [2.05, 4.69) is 15.0 Å². The Morgan fingerprint density at radius 1 is 1.12 bits per heavy atom. The maximum absolute atomic E-state index is 13.0. The molecule has 0 saturated carbocycles. The summed E-state index contributed by atoms with van der Waals surface area (Å²) in [6.07, 6.45) is 5.44. The number of carbonyl (C=O) groups is 1. The number of amides is 1. The molecule has 0 radical (unpaired) electrons. The molecule has 132 valence electrons. The highest BCUT2D eigenvalue weighted by Gasteiger charge is 2.28. The Morgan fingerprint density at radius 2 is 1.92 bits per heavy atom. The van der Waals surface area contributed by atoms with Crippen molar-refractivity contribution in [2.45, 2.75) is 32.6 Å². The molecule has 1 saturated heterocycles. The number of hydrogen-bond acceptors (Lipinski definition) is 5. The fourth-order valence-corrected chi connectivity index (χ4v) is 3.68. The number of nitrogens with zero attached hydrogens (tertiary/aromatic N) is 5. The number of fused-ring (bicyclic) bond motifs is 1. The molecule has 0 spiro atoms. The van der Waals surface area contributed by atoms with E-state index in [9.17, 15) is 4.79 Å². The van der Waals surface area contributed by atoms with Crippen molar-refractivity contribution in [1.82, 2.24) is 24.8 Å². The summed E-state index contributed by atoms with van der Waals surface area (Å²) in [5.41, 5.74) is 3.17. The average Bonchev–Trinajstić information content (AvgIpc) is 2.67. The molecule has 0 aliphatic carbocycles. The molecule has 0 unspecified atom stereocenters. The zero-order valence-electron chi connectivity index (χ0n) is 15.0. The highest BCUT2D eigenvalue weighted by Crippen LogP contribution is 2.30. The highest BCUT2D eigenvalue weighted by atomic mass is 16.2. The first kappa shape index (κ1) is 16.6. The maximum atomic E-state index is 13.0. The first-order valence-corrected chi connectivity index (χ1v) is 8.93. The van der Waals surface area contributed by atoms with Crippen LogP contribution in [-0.2, 0) is 0 Å². The van der Waals surface area contributed by atoms with Crippen molar-refractivity contribution in [1.29, 1.82) is 0 Å². The Balaban J connectivity index is 1.66. The minimum Gasteiger partial charge on any atom is -0.338 e. The van der Waals surface area contributed by atoms with Crippen LogP contribution in [0.2, 0.25) is 0 Å². The van der Waals surface area contributed by atoms with E-state index in [1.54, 1.807) is 12.4 Å². The molecule has 26 heavy (non-hydrogen) atoms. The van der Waals surface area contributed by atoms with Gasteiger partial charge in [0.2, 0.25) is 0 Å². The van der Waals surface area contributed by atoms with Gasteiger partial charge in [0.25, 0.3) is 5.91 Å². The number of piperidine rings is 1. The van der Waals surface area contributed by atoms with E-state index in [0.29, 0.717) is 12.1 Å². The number of carbonyl (C=O) groups excluding carboxylic acids is 1. The Morgan fingerprint density at radius 3 is 2.77 bits per heavy atom. The first-order valence-electron chi connectivity index (χ1n) is 8.93. The van der Waals surface area contributed by atoms with Crippen LogP contribution in [0, 0.1) is 13.8 Å². The van der Waals surface area contributed by atoms with E-state index >= 15 is 0 Å². The van der Waals surface area contributed by atoms with Crippen molar-refractivity contribution in [3.63, 3.8) is 0 Å². The quantitative estimate of drug-likeness (QED) is 0.712. The fourth-order valence-electron chi connectivity index (χ4n) is 3.68. The smallest absolute Gasteiger partial charge is 0.255 e. The number of aromatic nitrogens is 4. The molecule has 1 aliphatic heterocycles. The fraction of sp³-hybridized carbons (Fsp3) is 0.350. The van der Waals surface area contributed by atoms with Crippen molar-refractivity contribution in [2.75, 3.05) is 13.1 Å². The molecule has 0 bridgehead atoms. The third kappa shape index (κ3) is 3.03. The molecule has 4 heterocycles. The van der Waals surface area contributed by atoms with Crippen LogP contribution in [0.1, 0.15) is 46.3 Å². The van der Waals surface area contributed by atoms with Crippen LogP contribution in [0.3, 0.4) is 0 Å². The molecular formula is C20H21N5O. The molecule has 4 rings (SSSR count). The molecule has 0 N–H and O–H groups in total. The molecular weight excluding hydrogens is 326 g/mol. The van der Waals surface area contributed by atoms with Gasteiger partial charge in [-0.2, -0.15) is 0 Å². The molecule has 6 nitrogen and oxygen atoms in total. The number of rotatable bonds is 2. The maximum Gasteiger partial charge on any atom is 0.255 e. The van der Waals surface area contributed by atoms with Crippen LogP contribution in [0.15, 0.2) is 36.7 Å². The van der Waals surface area contributed by atoms with Crippen LogP contribution < -0.4 is 0 Å². The summed E-state index contributed by atoms with van der Waals surface area (Å²) in [6, 6.07) is 7.59. The van der Waals surface area contributed by atoms with Gasteiger partial charge in [-0.15, -0.1) is 0 Å². The Hall–Kier alpha value is -2.89. The number of likely N-dealkylation sites (tertiary alicyclic amines) is 1. The Labute approximate surface area is 152 Å². The second kappa shape index (κ2) is 6.78. The predicted molar refractivity (Wildman–Crippen MR) is 98.9 cm³/mol. The largest absolute Gasteiger partial charge is 0.338 e. The minimum atomic E-state index is 0.0495. The van der Waals surface area contributed by atoms with Gasteiger partial charge in [-0.1, -0.05) is 0 Å². The monoisotopic (exact) mass is 347 g/mol. The van der Waals surface area contributed by atoms with E-state index in [1.807, 2.05) is 43.0 Å². The minimum absolute atomic E-state index is 0.0495. The summed E-state index contributed by atoms with van der Waals surface area (Å²) in [7, 11) is 0. The third-order valence-corrected chi connectivity index (χ3v) is 4.95. The number of hydrogen-bond donors (Lipinski definition) is 0. The highest BCUT2D eigenvalue weighted by molar-refractivity contribution is 5.95. The first-order chi connectivity index (χ1) is 12.6. The lowest BCUT2D eigenvalue weighted by molar-refractivity contribution is 0.0705. The van der Waals surface area contributed by atoms with Gasteiger partial charge in [-0.3, -0.25) is 9.78 Å². The average molecular weight is 347 g/mol. The molecule has 3 aromatic rings. The van der Waals surface area contributed by atoms with Crippen molar-refractivity contribution in [3.8, 4) is 0 Å². The zero-order valence-corrected chi connectivity index (χ0v) is 15.0. The van der Waals surface area contributed by atoms with E-state index in [-0.39, 0.29) is 11.8 Å². The second-order valence-corrected chi connectivity index (χ2v) is 6.76. The van der Waals surface area contributed by atoms with Gasteiger partial charge in [0.15, 0.2) is 5.65 Å². The van der Waals surface area contributed by atoms with Crippen LogP contribution in [-0.4, -0.2) is 43.8 Å². The Bertz CT molecular complexity index is 971. The van der Waals surface area contributed by atoms with Gasteiger partial charge in [0.05, 0.1) is 11.3 Å². The van der Waals surface area contributed by atoms with Crippen molar-refractivity contribution < 1.29 is 4.79 Å². The summed E-state index contributed by atoms with van der Waals surface area (Å²) in [5, 5.41) is 0.981. The molecule has 3 aromatic heterocycles. The lowest BCUT2D eigenvalue weighted by atomic mass is 9.92. The number of aryl methyl sites for hydroxylation is 2. The summed E-state index contributed by atoms with van der Waals surface area (Å²) >= 11 is 0. The van der Waals surface area contributed by atoms with Gasteiger partial charge in [-0.05, 0) is 51.0 Å². The topological polar surface area (TPSA) is 71.9 Å². The Kier molecular flexibility index (Phi) is 4.32. The van der Waals surface area contributed by atoms with Crippen LogP contribution >= 0.6 is 0 Å². The van der Waals surface area contributed by atoms with Crippen molar-refractivity contribution in [3.05, 3.63) is 59.4 Å². The molecule has 0 aromatic carbocycles. The standard InChI is InChI=1S/C20H21N5O/c1-13-16(7-3-9-21-13)20(26)25-11-5-6-15(12-25)18-17-8-4-10-22-19(17)24-14(2)23-18/h3-4,7-10,15H,5-6,11-12H2,1-2H3/t15-/m1/s1. The van der Waals surface area contributed by atoms with Crippen LogP contribution in [0.25, 0.3) is 11.0 Å². The van der Waals surface area contributed by atoms with Crippen LogP contribution in [0.5, 0.6) is 0 Å². The summed E-state index contributed by atoms with van der Waals surface area (Å²) < 4.78 is 0. The third-order valence-electron chi connectivity index (χ3n) is 4.95. The summed E-state index contributed by atoms with van der Waals surface area (Å²) in [5.74, 6) is 0.962. The summed E-state index contributed by atoms with van der Waals surface area (Å²) in [4.78, 5) is 32.7. The van der Waals surface area contributed by atoms with Crippen molar-refractivity contribution >= 4 is 16.9 Å². The zero-order chi connectivity index (χ0) is 18.1. The molecule has 6 heteroatoms. The predicted octanol–water partition coefficient (Wildman–Crippen LogP) is 3.06. The summed E-state index contributed by atoms with van der Waals surface area (Å²) in [6.45, 7) is 5.20. The van der Waals surface area contributed by atoms with Gasteiger partial charge in [0, 0.05) is 42.5 Å². The lowest BCUT2D eigenvalue weighted by Gasteiger charge is -2.33. The number of pyridine rings is 2. The van der Waals surface area contributed by atoms with Gasteiger partial charge >= 0.3 is 0 Å². The second-order valence-electron chi connectivity index (χ2n) is 6.76. The molecule has 1 amide bonds. The molecule has 1 atom stereocenters. The van der Waals surface area contributed by atoms with E-state index in [4.69, 9.17) is 4.98 Å². The van der Waals surface area contributed by atoms with E-state index in [0.717, 1.165) is 47.6 Å². The van der Waals surface area contributed by atoms with Gasteiger partial charge in [0.1, 0.15) is 5.82 Å². The lowest BCUT2D eigenvalue weighted by Crippen LogP contribution is -2.39. The van der Waals surface area contributed by atoms with Crippen LogP contribution in [0.4, 0.5) is 0 Å². The molecule has 1 fully saturated rings. The van der Waals surface area contributed by atoms with Gasteiger partial charge < -0.3 is 4.90 Å². The van der Waals surface area contributed by atoms with E-state index < -0.39 is 0 Å². The SMILES string of the molecule is Cc1nc([C@@H]2CCCN(C(=O)c3cccnc3C)C2)c2cccnc2n1. The van der Waals surface area contributed by atoms with Gasteiger partial charge in [-0.25, -0.2) is 15.0 Å². The molecule has 1 aliphatic rings. The van der Waals surface area contributed by atoms with E-state index in [1.165, 1.54) is 0 Å². The van der Waals surface area contributed by atoms with Crippen molar-refractivity contribution in [2.24, 2.45) is 0 Å². The normalized spacial score (nSPS) is 17.5.